The summed E-state index contributed by atoms with van der Waals surface area (Å²) < 4.78 is 0. The fraction of sp³-hybridized carbons (Fsp3) is 0.0909. The minimum atomic E-state index is 0. The van der Waals surface area contributed by atoms with E-state index >= 15 is 0 Å². The molecule has 0 saturated heterocycles. The van der Waals surface area contributed by atoms with Crippen molar-refractivity contribution in [1.29, 1.82) is 0 Å². The van der Waals surface area contributed by atoms with Crippen LogP contribution in [0.25, 0.3) is 10.9 Å². The van der Waals surface area contributed by atoms with Crippen molar-refractivity contribution < 1.29 is 17.4 Å². The number of hydrogen-bond donors (Lipinski definition) is 0. The van der Waals surface area contributed by atoms with Gasteiger partial charge in [-0.05, 0) is 5.52 Å². The zero-order chi connectivity index (χ0) is 15.0. The van der Waals surface area contributed by atoms with Crippen LogP contribution in [-0.2, 0) is 23.8 Å². The molecule has 0 unspecified atom stereocenters. The summed E-state index contributed by atoms with van der Waals surface area (Å²) >= 11 is 0. The summed E-state index contributed by atoms with van der Waals surface area (Å²) in [4.78, 5) is 4.13. The first-order valence-corrected chi connectivity index (χ1v) is 7.43. The Bertz CT molecular complexity index is 736. The average Bonchev–Trinajstić information content (AvgIpc) is 3.10. The molecule has 26 heavy (non-hydrogen) atoms. The van der Waals surface area contributed by atoms with Gasteiger partial charge in [0.15, 0.2) is 0 Å². The number of para-hydroxylation sites is 1. The van der Waals surface area contributed by atoms with Crippen molar-refractivity contribution in [1.82, 2.24) is 4.98 Å². The van der Waals surface area contributed by atoms with Gasteiger partial charge < -0.3 is 7.43 Å². The van der Waals surface area contributed by atoms with E-state index in [1.54, 1.807) is 6.20 Å². The third kappa shape index (κ3) is 8.21. The van der Waals surface area contributed by atoms with E-state index in [2.05, 4.69) is 59.6 Å². The molecule has 1 aromatic heterocycles. The van der Waals surface area contributed by atoms with Crippen molar-refractivity contribution in [3.05, 3.63) is 110 Å². The summed E-state index contributed by atoms with van der Waals surface area (Å²) in [7, 11) is 0. The van der Waals surface area contributed by atoms with Gasteiger partial charge in [-0.15, -0.1) is 42.7 Å². The second-order valence-electron chi connectivity index (χ2n) is 5.11. The molecule has 4 heteroatoms. The molecule has 0 bridgehead atoms. The van der Waals surface area contributed by atoms with Gasteiger partial charge in [0, 0.05) is 6.20 Å². The first-order valence-electron chi connectivity index (χ1n) is 7.43. The topological polar surface area (TPSA) is 12.9 Å². The Morgan fingerprint density at radius 1 is 0.923 bits per heavy atom. The maximum atomic E-state index is 4.13. The van der Waals surface area contributed by atoms with E-state index in [-0.39, 0.29) is 49.6 Å². The van der Waals surface area contributed by atoms with Gasteiger partial charge in [-0.3, -0.25) is 11.1 Å². The van der Waals surface area contributed by atoms with Gasteiger partial charge in [0.2, 0.25) is 0 Å². The van der Waals surface area contributed by atoms with Crippen LogP contribution in [0.4, 0.5) is 0 Å². The number of benzene rings is 2. The van der Waals surface area contributed by atoms with Crippen LogP contribution in [0.1, 0.15) is 12.0 Å². The molecule has 3 aromatic rings. The quantitative estimate of drug-likeness (QED) is 0.445. The Hall–Kier alpha value is -1.56. The van der Waals surface area contributed by atoms with Crippen LogP contribution in [-0.4, -0.2) is 4.98 Å². The maximum Gasteiger partial charge on any atom is 3.00 e. The number of pyridine rings is 1. The van der Waals surface area contributed by atoms with E-state index in [1.165, 1.54) is 11.1 Å². The van der Waals surface area contributed by atoms with Gasteiger partial charge in [0.25, 0.3) is 0 Å². The number of nitrogens with zero attached hydrogens (tertiary/aromatic N) is 1. The zero-order valence-electron chi connectivity index (χ0n) is 14.6. The van der Waals surface area contributed by atoms with Gasteiger partial charge in [0.1, 0.15) is 0 Å². The fourth-order valence-corrected chi connectivity index (χ4v) is 2.35. The Morgan fingerprint density at radius 2 is 1.65 bits per heavy atom. The molecule has 135 valence electrons. The molecule has 0 spiro atoms. The van der Waals surface area contributed by atoms with E-state index in [9.17, 15) is 0 Å². The summed E-state index contributed by atoms with van der Waals surface area (Å²) in [6.07, 6.45) is 11.3. The first-order chi connectivity index (χ1) is 10.9. The molecular formula is C22H22Cl2CrN. The molecule has 0 saturated carbocycles. The average molecular weight is 423 g/mol. The molecule has 1 nitrogen and oxygen atoms in total. The van der Waals surface area contributed by atoms with Gasteiger partial charge in [-0.2, -0.15) is 35.9 Å². The molecule has 1 heterocycles. The SMILES string of the molecule is Cl.Cl.[C-]1=CC(Cc2ccccc2)=CC1.[CH3-].[Cr+3].[c-]1cccc2cccnc12. The minimum absolute atomic E-state index is 0. The van der Waals surface area contributed by atoms with Crippen molar-refractivity contribution in [3.8, 4) is 0 Å². The molecule has 0 aliphatic heterocycles. The molecule has 0 N–H and O–H groups in total. The van der Waals surface area contributed by atoms with Crippen LogP contribution >= 0.6 is 24.8 Å². The molecule has 1 aliphatic rings. The Balaban J connectivity index is 0. The molecular weight excluding hydrogens is 401 g/mol. The standard InChI is InChI=1S/C12H11.C9H6N.CH3.2ClH.Cr/c1-2-6-11(7-3-1)10-12-8-4-5-9-12;1-2-6-9-8(4-1)5-3-7-10-9;;;;/h1-3,6-9H,4,10H2;1-5,7H;1H3;2*1H;/q3*-1;;;+3. The Kier molecular flexibility index (Phi) is 15.0. The van der Waals surface area contributed by atoms with Gasteiger partial charge in [0.05, 0.1) is 0 Å². The van der Waals surface area contributed by atoms with Crippen molar-refractivity contribution in [2.24, 2.45) is 0 Å². The molecule has 1 radical (unpaired) electrons. The maximum absolute atomic E-state index is 4.13. The zero-order valence-corrected chi connectivity index (χ0v) is 17.5. The second-order valence-corrected chi connectivity index (χ2v) is 5.11. The summed E-state index contributed by atoms with van der Waals surface area (Å²) in [6, 6.07) is 23.4. The van der Waals surface area contributed by atoms with Gasteiger partial charge in [-0.1, -0.05) is 48.4 Å². The van der Waals surface area contributed by atoms with Gasteiger partial charge >= 0.3 is 17.4 Å². The van der Waals surface area contributed by atoms with Crippen LogP contribution < -0.4 is 0 Å². The molecule has 0 amide bonds. The van der Waals surface area contributed by atoms with Crippen LogP contribution in [0.15, 0.2) is 84.6 Å². The number of allylic oxidation sites excluding steroid dienone is 4. The number of rotatable bonds is 2. The second kappa shape index (κ2) is 14.6. The van der Waals surface area contributed by atoms with E-state index in [1.807, 2.05) is 30.3 Å². The van der Waals surface area contributed by atoms with Crippen molar-refractivity contribution in [2.75, 3.05) is 0 Å². The van der Waals surface area contributed by atoms with E-state index < -0.39 is 0 Å². The predicted octanol–water partition coefficient (Wildman–Crippen LogP) is 6.24. The number of hydrogen-bond acceptors (Lipinski definition) is 1. The summed E-state index contributed by atoms with van der Waals surface area (Å²) in [6.45, 7) is 0. The molecule has 0 fully saturated rings. The van der Waals surface area contributed by atoms with Crippen LogP contribution in [0.2, 0.25) is 0 Å². The van der Waals surface area contributed by atoms with Crippen molar-refractivity contribution in [3.63, 3.8) is 0 Å². The fourth-order valence-electron chi connectivity index (χ4n) is 2.35. The normalized spacial score (nSPS) is 10.7. The number of aromatic nitrogens is 1. The summed E-state index contributed by atoms with van der Waals surface area (Å²) in [5, 5.41) is 1.14. The largest absolute Gasteiger partial charge is 3.00 e. The van der Waals surface area contributed by atoms with Crippen LogP contribution in [0.3, 0.4) is 0 Å². The molecule has 0 atom stereocenters. The molecule has 4 rings (SSSR count). The third-order valence-corrected chi connectivity index (χ3v) is 3.45. The van der Waals surface area contributed by atoms with Crippen molar-refractivity contribution in [2.45, 2.75) is 12.8 Å². The monoisotopic (exact) mass is 422 g/mol. The number of fused-ring (bicyclic) bond motifs is 1. The summed E-state index contributed by atoms with van der Waals surface area (Å²) in [5.41, 5.74) is 3.70. The van der Waals surface area contributed by atoms with E-state index in [4.69, 9.17) is 0 Å². The van der Waals surface area contributed by atoms with E-state index in [0.29, 0.717) is 0 Å². The van der Waals surface area contributed by atoms with Crippen LogP contribution in [0, 0.1) is 19.6 Å². The van der Waals surface area contributed by atoms with Crippen LogP contribution in [0.5, 0.6) is 0 Å². The summed E-state index contributed by atoms with van der Waals surface area (Å²) in [5.74, 6) is 0. The first kappa shape index (κ1) is 26.7. The smallest absolute Gasteiger partial charge is 0.358 e. The minimum Gasteiger partial charge on any atom is -0.358 e. The van der Waals surface area contributed by atoms with Gasteiger partial charge in [-0.25, -0.2) is 6.08 Å². The molecule has 2 aromatic carbocycles. The third-order valence-electron chi connectivity index (χ3n) is 3.45. The Labute approximate surface area is 180 Å². The van der Waals surface area contributed by atoms with E-state index in [0.717, 1.165) is 23.7 Å². The molecule has 1 aliphatic carbocycles. The Morgan fingerprint density at radius 3 is 2.31 bits per heavy atom. The predicted molar refractivity (Wildman–Crippen MR) is 112 cm³/mol. The van der Waals surface area contributed by atoms with Crippen molar-refractivity contribution >= 4 is 35.7 Å². The number of halogens is 2.